The van der Waals surface area contributed by atoms with Gasteiger partial charge in [-0.25, -0.2) is 19.2 Å². The van der Waals surface area contributed by atoms with Crippen LogP contribution in [0.4, 0.5) is 19.2 Å². The number of Topliss-reactive ketones (excluding diaryl/α,β-unsaturated/α-hetero) is 3. The highest BCUT2D eigenvalue weighted by atomic mass is 16.6. The van der Waals surface area contributed by atoms with E-state index >= 15 is 0 Å². The van der Waals surface area contributed by atoms with Gasteiger partial charge < -0.3 is 61.5 Å². The molecule has 26 heteroatoms. The number of nitrogens with zero attached hydrogens (tertiary/aromatic N) is 3. The third-order valence-corrected chi connectivity index (χ3v) is 7.61. The highest BCUT2D eigenvalue weighted by Crippen LogP contribution is 2.09. The molecule has 13 N–H and O–H groups in total. The van der Waals surface area contributed by atoms with E-state index in [-0.39, 0.29) is 72.9 Å². The number of hydrogen-bond acceptors (Lipinski definition) is 18. The highest BCUT2D eigenvalue weighted by molar-refractivity contribution is 6.02. The number of ketones is 3. The Kier molecular flexibility index (Phi) is 41.9. The first kappa shape index (κ1) is 75.1. The Hall–Kier alpha value is -6.44. The number of rotatable bonds is 22. The Morgan fingerprint density at radius 1 is 0.427 bits per heavy atom. The van der Waals surface area contributed by atoms with Crippen LogP contribution in [0.5, 0.6) is 0 Å². The number of nitrogens with two attached hydrogens (primary N) is 3. The smallest absolute Gasteiger partial charge is 0.414 e. The van der Waals surface area contributed by atoms with Crippen molar-refractivity contribution in [3.8, 4) is 0 Å². The van der Waals surface area contributed by atoms with Gasteiger partial charge in [0.05, 0.1) is 0 Å². The molecule has 0 saturated heterocycles. The number of unbranched alkanes of at least 4 members (excludes halogenated alkanes) is 3. The molecule has 0 aliphatic rings. The molecule has 6 amide bonds. The van der Waals surface area contributed by atoms with Crippen molar-refractivity contribution in [2.45, 2.75) is 197 Å². The number of nitrogens with one attached hydrogen (secondary N) is 6. The average Bonchev–Trinajstić information content (AvgIpc) is 3.21. The van der Waals surface area contributed by atoms with Gasteiger partial charge in [-0.3, -0.25) is 50.6 Å². The topological polar surface area (TPSA) is 398 Å². The van der Waals surface area contributed by atoms with E-state index in [9.17, 15) is 43.2 Å². The summed E-state index contributed by atoms with van der Waals surface area (Å²) in [6.07, 6.45) is 2.79. The summed E-state index contributed by atoms with van der Waals surface area (Å²) in [6, 6.07) is 0. The zero-order chi connectivity index (χ0) is 58.8. The second-order valence-electron chi connectivity index (χ2n) is 20.5. The average molecular weight is 1080 g/mol. The molecule has 0 aromatic rings. The molecule has 0 aliphatic carbocycles. The molecule has 75 heavy (non-hydrogen) atoms. The van der Waals surface area contributed by atoms with Crippen molar-refractivity contribution in [1.29, 1.82) is 0 Å². The van der Waals surface area contributed by atoms with Crippen LogP contribution in [0.3, 0.4) is 0 Å². The number of aliphatic hydroxyl groups is 1. The Bertz CT molecular complexity index is 1760. The molecule has 0 saturated carbocycles. The third-order valence-electron chi connectivity index (χ3n) is 7.61. The van der Waals surface area contributed by atoms with Gasteiger partial charge in [0.25, 0.3) is 0 Å². The van der Waals surface area contributed by atoms with Crippen molar-refractivity contribution in [3.63, 3.8) is 0 Å². The largest absolute Gasteiger partial charge is 0.444 e. The molecule has 0 unspecified atom stereocenters. The monoisotopic (exact) mass is 1070 g/mol. The minimum atomic E-state index is -0.755. The Balaban J connectivity index is -0.000000495. The lowest BCUT2D eigenvalue weighted by Gasteiger charge is -2.22. The fraction of sp³-hybridized carbons (Fsp3) is 0.755. The number of ether oxygens (including phenoxy) is 4. The van der Waals surface area contributed by atoms with Crippen molar-refractivity contribution in [1.82, 2.24) is 31.9 Å². The number of carbonyl (C=O) groups is 9. The van der Waals surface area contributed by atoms with Crippen LogP contribution in [0.2, 0.25) is 0 Å². The summed E-state index contributed by atoms with van der Waals surface area (Å²) in [5, 5.41) is 23.1. The Morgan fingerprint density at radius 2 is 0.707 bits per heavy atom. The van der Waals surface area contributed by atoms with Gasteiger partial charge >= 0.3 is 24.4 Å². The molecule has 0 spiro atoms. The number of amides is 6. The minimum absolute atomic E-state index is 0.00878. The lowest BCUT2D eigenvalue weighted by atomic mass is 10.2. The second-order valence-corrected chi connectivity index (χ2v) is 20.5. The summed E-state index contributed by atoms with van der Waals surface area (Å²) < 4.78 is 20.6. The van der Waals surface area contributed by atoms with E-state index in [4.69, 9.17) is 41.3 Å². The first-order valence-electron chi connectivity index (χ1n) is 24.9. The zero-order valence-electron chi connectivity index (χ0n) is 47.6. The first-order chi connectivity index (χ1) is 34.4. The maximum atomic E-state index is 12.0. The van der Waals surface area contributed by atoms with Crippen LogP contribution in [-0.2, 0) is 42.9 Å². The molecule has 0 rings (SSSR count). The van der Waals surface area contributed by atoms with Gasteiger partial charge in [0, 0.05) is 71.4 Å². The summed E-state index contributed by atoms with van der Waals surface area (Å²) in [7, 11) is 0. The van der Waals surface area contributed by atoms with E-state index in [1.165, 1.54) is 20.8 Å². The molecular weight excluding hydrogens is 981 g/mol. The van der Waals surface area contributed by atoms with Crippen molar-refractivity contribution in [2.75, 3.05) is 45.9 Å². The van der Waals surface area contributed by atoms with E-state index in [0.29, 0.717) is 65.0 Å². The van der Waals surface area contributed by atoms with Crippen molar-refractivity contribution < 1.29 is 67.2 Å². The van der Waals surface area contributed by atoms with Gasteiger partial charge in [0.1, 0.15) is 39.8 Å². The van der Waals surface area contributed by atoms with Crippen LogP contribution in [-0.4, -0.2) is 145 Å². The first-order valence-corrected chi connectivity index (χ1v) is 24.9. The zero-order valence-corrected chi connectivity index (χ0v) is 47.6. The maximum absolute atomic E-state index is 12.0. The van der Waals surface area contributed by atoms with Crippen LogP contribution in [0.1, 0.15) is 174 Å². The number of hydrogen-bond donors (Lipinski definition) is 10. The highest BCUT2D eigenvalue weighted by Gasteiger charge is 2.23. The SMILES string of the molecule is CC(=O)CCC(=O)NCCCCN=C(N)N.CC(=O)CCC(=O)NCCCCN=C(NC(=O)OC(C)(C)C)NC(=O)OC(C)(C)C.CC(=O)CCO.CC(C)(C)OC(=O)NC(=NCCCCN)NC(=O)OC(C)(C)C. The summed E-state index contributed by atoms with van der Waals surface area (Å²) >= 11 is 0. The number of carbonyl (C=O) groups excluding carboxylic acids is 9. The molecule has 0 bridgehead atoms. The van der Waals surface area contributed by atoms with Gasteiger partial charge in [-0.05, 0) is 149 Å². The number of guanidine groups is 3. The quantitative estimate of drug-likeness (QED) is 0.0313. The van der Waals surface area contributed by atoms with E-state index in [1.54, 1.807) is 83.1 Å². The molecule has 0 heterocycles. The summed E-state index contributed by atoms with van der Waals surface area (Å²) in [5.74, 6) is -0.216. The summed E-state index contributed by atoms with van der Waals surface area (Å²) in [4.78, 5) is 114. The van der Waals surface area contributed by atoms with Crippen LogP contribution >= 0.6 is 0 Å². The fourth-order valence-electron chi connectivity index (χ4n) is 4.51. The van der Waals surface area contributed by atoms with Gasteiger partial charge in [-0.1, -0.05) is 0 Å². The van der Waals surface area contributed by atoms with Gasteiger partial charge in [0.2, 0.25) is 23.7 Å². The number of aliphatic hydroxyl groups excluding tert-OH is 1. The van der Waals surface area contributed by atoms with Crippen LogP contribution in [0.15, 0.2) is 15.0 Å². The summed E-state index contributed by atoms with van der Waals surface area (Å²) in [5.41, 5.74) is 13.0. The van der Waals surface area contributed by atoms with Crippen molar-refractivity contribution in [2.24, 2.45) is 32.2 Å². The number of alkyl carbamates (subject to hydrolysis) is 4. The van der Waals surface area contributed by atoms with Crippen molar-refractivity contribution >= 4 is 71.4 Å². The minimum Gasteiger partial charge on any atom is -0.444 e. The Morgan fingerprint density at radius 3 is 0.933 bits per heavy atom. The van der Waals surface area contributed by atoms with E-state index in [2.05, 4.69) is 46.9 Å². The number of aliphatic imine (C=N–C) groups is 3. The van der Waals surface area contributed by atoms with Gasteiger partial charge in [-0.2, -0.15) is 0 Å². The fourth-order valence-corrected chi connectivity index (χ4v) is 4.51. The standard InChI is InChI=1S/C20H36N4O6.C15H30N4O4.C10H20N4O2.C4H8O2/c1-14(25)10-11-15(26)21-12-8-9-13-22-16(23-17(27)29-19(2,3)4)24-18(28)30-20(5,6)7;1-14(2,3)22-12(20)18-11(17-10-8-7-9-16)19-13(21)23-15(4,5)6;1-8(15)4-5-9(16)13-6-2-3-7-14-10(11)12;1-4(6)2-3-5/h8-13H2,1-7H3,(H,21,26)(H2,22,23,24,27,28);7-10,16H2,1-6H3,(H2,17,18,19,20,21);2-7H2,1H3,(H,13,16)(H4,11,12,14);5H,2-3H2,1H3. The lowest BCUT2D eigenvalue weighted by molar-refractivity contribution is -0.124. The third kappa shape index (κ3) is 65.5. The molecule has 0 aromatic heterocycles. The summed E-state index contributed by atoms with van der Waals surface area (Å²) in [6.45, 7) is 28.0. The molecule has 26 nitrogen and oxygen atoms in total. The van der Waals surface area contributed by atoms with E-state index in [1.807, 2.05) is 0 Å². The van der Waals surface area contributed by atoms with Crippen LogP contribution in [0, 0.1) is 0 Å². The molecule has 0 aromatic carbocycles. The van der Waals surface area contributed by atoms with E-state index in [0.717, 1.165) is 25.7 Å². The normalized spacial score (nSPS) is 10.7. The second kappa shape index (κ2) is 41.9. The van der Waals surface area contributed by atoms with Crippen molar-refractivity contribution in [3.05, 3.63) is 0 Å². The molecule has 0 fully saturated rings. The maximum Gasteiger partial charge on any atom is 0.414 e. The lowest BCUT2D eigenvalue weighted by Crippen LogP contribution is -2.47. The predicted molar refractivity (Wildman–Crippen MR) is 288 cm³/mol. The van der Waals surface area contributed by atoms with Crippen LogP contribution < -0.4 is 49.1 Å². The Labute approximate surface area is 444 Å². The predicted octanol–water partition coefficient (Wildman–Crippen LogP) is 4.27. The molecular formula is C49H94N12O14. The van der Waals surface area contributed by atoms with E-state index < -0.39 is 46.8 Å². The molecule has 0 radical (unpaired) electrons. The molecule has 0 atom stereocenters. The van der Waals surface area contributed by atoms with Gasteiger partial charge in [-0.15, -0.1) is 0 Å². The molecule has 0 aliphatic heterocycles. The van der Waals surface area contributed by atoms with Crippen LogP contribution in [0.25, 0.3) is 0 Å². The molecule has 434 valence electrons. The van der Waals surface area contributed by atoms with Gasteiger partial charge in [0.15, 0.2) is 5.96 Å².